The van der Waals surface area contributed by atoms with E-state index in [1.807, 2.05) is 13.0 Å². The summed E-state index contributed by atoms with van der Waals surface area (Å²) in [6.07, 6.45) is 0. The van der Waals surface area contributed by atoms with Crippen LogP contribution in [-0.2, 0) is 6.61 Å². The van der Waals surface area contributed by atoms with Crippen molar-refractivity contribution in [2.24, 2.45) is 0 Å². The van der Waals surface area contributed by atoms with Gasteiger partial charge in [-0.2, -0.15) is 5.26 Å². The Kier molecular flexibility index (Phi) is 2.88. The van der Waals surface area contributed by atoms with Crippen LogP contribution in [0.4, 0.5) is 0 Å². The summed E-state index contributed by atoms with van der Waals surface area (Å²) in [6, 6.07) is 5.41. The average Bonchev–Trinajstić information content (AvgIpc) is 2.17. The predicted molar refractivity (Wildman–Crippen MR) is 48.4 cm³/mol. The third-order valence-electron chi connectivity index (χ3n) is 1.91. The molecule has 0 amide bonds. The fraction of sp³-hybridized carbons (Fsp3) is 0.300. The minimum absolute atomic E-state index is 0.117. The van der Waals surface area contributed by atoms with Crippen molar-refractivity contribution in [1.82, 2.24) is 0 Å². The number of nitrogens with zero attached hydrogens (tertiary/aromatic N) is 1. The van der Waals surface area contributed by atoms with Crippen LogP contribution in [0.15, 0.2) is 12.1 Å². The van der Waals surface area contributed by atoms with Crippen molar-refractivity contribution in [1.29, 1.82) is 5.26 Å². The van der Waals surface area contributed by atoms with E-state index in [1.165, 1.54) is 0 Å². The van der Waals surface area contributed by atoms with E-state index in [2.05, 4.69) is 0 Å². The van der Waals surface area contributed by atoms with Crippen molar-refractivity contribution < 1.29 is 9.84 Å². The summed E-state index contributed by atoms with van der Waals surface area (Å²) in [7, 11) is 1.56. The van der Waals surface area contributed by atoms with Gasteiger partial charge in [-0.15, -0.1) is 0 Å². The smallest absolute Gasteiger partial charge is 0.123 e. The van der Waals surface area contributed by atoms with Crippen molar-refractivity contribution in [2.45, 2.75) is 13.5 Å². The number of rotatable bonds is 2. The molecule has 1 rings (SSSR count). The van der Waals surface area contributed by atoms with Gasteiger partial charge in [0.1, 0.15) is 5.75 Å². The highest BCUT2D eigenvalue weighted by Crippen LogP contribution is 2.22. The van der Waals surface area contributed by atoms with E-state index in [-0.39, 0.29) is 6.61 Å². The van der Waals surface area contributed by atoms with Crippen LogP contribution in [0.3, 0.4) is 0 Å². The highest BCUT2D eigenvalue weighted by atomic mass is 16.5. The molecule has 0 radical (unpaired) electrons. The maximum absolute atomic E-state index is 8.95. The summed E-state index contributed by atoms with van der Waals surface area (Å²) < 4.78 is 5.05. The molecule has 0 bridgehead atoms. The second-order valence-electron chi connectivity index (χ2n) is 2.75. The molecular formula is C10H11NO2. The second-order valence-corrected chi connectivity index (χ2v) is 2.75. The van der Waals surface area contributed by atoms with Crippen molar-refractivity contribution in [3.63, 3.8) is 0 Å². The number of benzene rings is 1. The number of aryl methyl sites for hydroxylation is 1. The van der Waals surface area contributed by atoms with Gasteiger partial charge in [0.2, 0.25) is 0 Å². The molecule has 0 heterocycles. The largest absolute Gasteiger partial charge is 0.496 e. The van der Waals surface area contributed by atoms with Crippen LogP contribution in [0.1, 0.15) is 16.7 Å². The molecule has 1 aromatic carbocycles. The van der Waals surface area contributed by atoms with Gasteiger partial charge in [-0.05, 0) is 30.2 Å². The molecule has 1 aromatic rings. The normalized spacial score (nSPS) is 9.38. The van der Waals surface area contributed by atoms with E-state index < -0.39 is 0 Å². The van der Waals surface area contributed by atoms with Gasteiger partial charge in [0.25, 0.3) is 0 Å². The molecule has 0 atom stereocenters. The molecule has 0 saturated carbocycles. The summed E-state index contributed by atoms with van der Waals surface area (Å²) in [5.74, 6) is 0.675. The minimum atomic E-state index is -0.117. The third-order valence-corrected chi connectivity index (χ3v) is 1.91. The number of hydrogen-bond acceptors (Lipinski definition) is 3. The number of methoxy groups -OCH3 is 1. The lowest BCUT2D eigenvalue weighted by Gasteiger charge is -2.07. The highest BCUT2D eigenvalue weighted by molar-refractivity contribution is 5.47. The van der Waals surface area contributed by atoms with Gasteiger partial charge in [-0.3, -0.25) is 0 Å². The fourth-order valence-electron chi connectivity index (χ4n) is 1.20. The first kappa shape index (κ1) is 9.56. The average molecular weight is 177 g/mol. The van der Waals surface area contributed by atoms with Crippen LogP contribution in [0, 0.1) is 18.3 Å². The Hall–Kier alpha value is -1.53. The van der Waals surface area contributed by atoms with Crippen LogP contribution < -0.4 is 4.74 Å². The van der Waals surface area contributed by atoms with Crippen molar-refractivity contribution in [2.75, 3.05) is 7.11 Å². The summed E-state index contributed by atoms with van der Waals surface area (Å²) >= 11 is 0. The summed E-state index contributed by atoms with van der Waals surface area (Å²) in [5.41, 5.74) is 2.02. The zero-order valence-corrected chi connectivity index (χ0v) is 7.66. The maximum atomic E-state index is 8.95. The first-order valence-electron chi connectivity index (χ1n) is 3.91. The predicted octanol–water partition coefficient (Wildman–Crippen LogP) is 1.37. The molecule has 0 aliphatic carbocycles. The van der Waals surface area contributed by atoms with Crippen LogP contribution in [-0.4, -0.2) is 12.2 Å². The number of aliphatic hydroxyl groups excluding tert-OH is 1. The molecular weight excluding hydrogens is 166 g/mol. The molecule has 13 heavy (non-hydrogen) atoms. The quantitative estimate of drug-likeness (QED) is 0.742. The van der Waals surface area contributed by atoms with Gasteiger partial charge in [0.15, 0.2) is 0 Å². The standard InChI is InChI=1S/C10H11NO2/c1-7-3-9(6-12)8(5-11)4-10(7)13-2/h3-4,12H,6H2,1-2H3. The minimum Gasteiger partial charge on any atom is -0.496 e. The Labute approximate surface area is 77.2 Å². The van der Waals surface area contributed by atoms with Gasteiger partial charge < -0.3 is 9.84 Å². The van der Waals surface area contributed by atoms with Gasteiger partial charge in [0, 0.05) is 0 Å². The number of hydrogen-bond donors (Lipinski definition) is 1. The molecule has 0 spiro atoms. The van der Waals surface area contributed by atoms with Gasteiger partial charge in [0.05, 0.1) is 25.3 Å². The van der Waals surface area contributed by atoms with E-state index >= 15 is 0 Å². The Bertz CT molecular complexity index is 353. The Morgan fingerprint density at radius 2 is 2.23 bits per heavy atom. The first-order valence-corrected chi connectivity index (χ1v) is 3.91. The van der Waals surface area contributed by atoms with E-state index in [0.717, 1.165) is 5.56 Å². The zero-order valence-electron chi connectivity index (χ0n) is 7.66. The molecule has 0 aliphatic heterocycles. The van der Waals surface area contributed by atoms with Gasteiger partial charge >= 0.3 is 0 Å². The second kappa shape index (κ2) is 3.92. The lowest BCUT2D eigenvalue weighted by molar-refractivity contribution is 0.281. The topological polar surface area (TPSA) is 53.2 Å². The number of ether oxygens (including phenoxy) is 1. The van der Waals surface area contributed by atoms with E-state index in [9.17, 15) is 0 Å². The van der Waals surface area contributed by atoms with E-state index in [4.69, 9.17) is 15.1 Å². The molecule has 0 unspecified atom stereocenters. The monoisotopic (exact) mass is 177 g/mol. The van der Waals surface area contributed by atoms with Gasteiger partial charge in [-0.25, -0.2) is 0 Å². The van der Waals surface area contributed by atoms with E-state index in [0.29, 0.717) is 16.9 Å². The molecule has 0 fully saturated rings. The zero-order chi connectivity index (χ0) is 9.84. The Balaban J connectivity index is 3.28. The molecule has 3 heteroatoms. The molecule has 0 aliphatic rings. The van der Waals surface area contributed by atoms with Crippen LogP contribution >= 0.6 is 0 Å². The lowest BCUT2D eigenvalue weighted by Crippen LogP contribution is -1.94. The molecule has 1 N–H and O–H groups in total. The number of aliphatic hydroxyl groups is 1. The summed E-state index contributed by atoms with van der Waals surface area (Å²) in [6.45, 7) is 1.76. The highest BCUT2D eigenvalue weighted by Gasteiger charge is 2.06. The first-order chi connectivity index (χ1) is 6.22. The third kappa shape index (κ3) is 1.79. The van der Waals surface area contributed by atoms with Crippen LogP contribution in [0.25, 0.3) is 0 Å². The maximum Gasteiger partial charge on any atom is 0.123 e. The SMILES string of the molecule is COc1cc(C#N)c(CO)cc1C. The fourth-order valence-corrected chi connectivity index (χ4v) is 1.20. The van der Waals surface area contributed by atoms with Crippen molar-refractivity contribution >= 4 is 0 Å². The summed E-state index contributed by atoms with van der Waals surface area (Å²) in [4.78, 5) is 0. The molecule has 0 aromatic heterocycles. The Morgan fingerprint density at radius 3 is 2.69 bits per heavy atom. The molecule has 3 nitrogen and oxygen atoms in total. The lowest BCUT2D eigenvalue weighted by atomic mass is 10.1. The van der Waals surface area contributed by atoms with Crippen LogP contribution in [0.5, 0.6) is 5.75 Å². The van der Waals surface area contributed by atoms with Crippen molar-refractivity contribution in [3.8, 4) is 11.8 Å². The molecule has 0 saturated heterocycles. The van der Waals surface area contributed by atoms with Crippen LogP contribution in [0.2, 0.25) is 0 Å². The Morgan fingerprint density at radius 1 is 1.54 bits per heavy atom. The molecule has 68 valence electrons. The van der Waals surface area contributed by atoms with Crippen molar-refractivity contribution in [3.05, 3.63) is 28.8 Å². The number of nitriles is 1. The summed E-state index contributed by atoms with van der Waals surface area (Å²) in [5, 5.41) is 17.7. The van der Waals surface area contributed by atoms with E-state index in [1.54, 1.807) is 19.2 Å². The van der Waals surface area contributed by atoms with Gasteiger partial charge in [-0.1, -0.05) is 0 Å².